The highest BCUT2D eigenvalue weighted by Gasteiger charge is 2.42. The van der Waals surface area contributed by atoms with Crippen LogP contribution in [0.25, 0.3) is 11.0 Å². The summed E-state index contributed by atoms with van der Waals surface area (Å²) in [6, 6.07) is 4.10. The number of amides is 2. The minimum Gasteiger partial charge on any atom is -0.389 e. The van der Waals surface area contributed by atoms with Crippen molar-refractivity contribution in [2.45, 2.75) is 50.3 Å². The van der Waals surface area contributed by atoms with Gasteiger partial charge in [-0.05, 0) is 37.5 Å². The van der Waals surface area contributed by atoms with E-state index in [4.69, 9.17) is 0 Å². The summed E-state index contributed by atoms with van der Waals surface area (Å²) in [5.74, 6) is 0.386. The lowest BCUT2D eigenvalue weighted by atomic mass is 10.1. The number of carbonyl (C=O) groups excluding carboxylic acids is 2. The molecule has 8 nitrogen and oxygen atoms in total. The fraction of sp³-hybridized carbons (Fsp3) is 0.571. The zero-order valence-electron chi connectivity index (χ0n) is 17.1. The first kappa shape index (κ1) is 20.7. The highest BCUT2D eigenvalue weighted by atomic mass is 19.1. The predicted molar refractivity (Wildman–Crippen MR) is 109 cm³/mol. The summed E-state index contributed by atoms with van der Waals surface area (Å²) in [5, 5.41) is 13.6. The van der Waals surface area contributed by atoms with Crippen molar-refractivity contribution in [3.05, 3.63) is 29.8 Å². The van der Waals surface area contributed by atoms with Gasteiger partial charge in [0.15, 0.2) is 0 Å². The molecule has 3 N–H and O–H groups in total. The van der Waals surface area contributed by atoms with E-state index in [2.05, 4.69) is 15.3 Å². The second-order valence-corrected chi connectivity index (χ2v) is 8.23. The Morgan fingerprint density at radius 3 is 3.03 bits per heavy atom. The van der Waals surface area contributed by atoms with Crippen molar-refractivity contribution in [3.63, 3.8) is 0 Å². The first-order chi connectivity index (χ1) is 14.4. The average molecular weight is 417 g/mol. The molecule has 2 amide bonds. The third-order valence-electron chi connectivity index (χ3n) is 6.27. The fourth-order valence-electron chi connectivity index (χ4n) is 4.62. The minimum absolute atomic E-state index is 0.0155. The molecule has 1 aliphatic carbocycles. The molecule has 0 radical (unpaired) electrons. The number of imidazole rings is 1. The molecule has 4 rings (SSSR count). The van der Waals surface area contributed by atoms with Crippen LogP contribution in [0.2, 0.25) is 0 Å². The van der Waals surface area contributed by atoms with Crippen molar-refractivity contribution in [1.82, 2.24) is 25.1 Å². The molecule has 2 aliphatic rings. The van der Waals surface area contributed by atoms with Crippen LogP contribution >= 0.6 is 0 Å². The second-order valence-electron chi connectivity index (χ2n) is 8.23. The molecular formula is C21H28FN5O3. The number of aliphatic hydroxyl groups is 1. The number of piperazine rings is 1. The number of aryl methyl sites for hydroxylation is 1. The lowest BCUT2D eigenvalue weighted by molar-refractivity contribution is -0.135. The molecule has 2 heterocycles. The normalized spacial score (nSPS) is 24.9. The fourth-order valence-corrected chi connectivity index (χ4v) is 4.62. The highest BCUT2D eigenvalue weighted by Crippen LogP contribution is 2.29. The van der Waals surface area contributed by atoms with Crippen LogP contribution in [0.5, 0.6) is 0 Å². The molecular weight excluding hydrogens is 389 g/mol. The average Bonchev–Trinajstić information content (AvgIpc) is 3.29. The number of likely N-dealkylation sites (N-methyl/N-ethyl adjacent to an activating group) is 1. The first-order valence-electron chi connectivity index (χ1n) is 10.5. The van der Waals surface area contributed by atoms with E-state index < -0.39 is 6.10 Å². The lowest BCUT2D eigenvalue weighted by Crippen LogP contribution is -2.55. The van der Waals surface area contributed by atoms with E-state index in [-0.39, 0.29) is 29.7 Å². The second kappa shape index (κ2) is 8.69. The Balaban J connectivity index is 1.28. The van der Waals surface area contributed by atoms with Gasteiger partial charge in [0.2, 0.25) is 11.8 Å². The summed E-state index contributed by atoms with van der Waals surface area (Å²) >= 11 is 0. The Hall–Kier alpha value is -2.52. The zero-order chi connectivity index (χ0) is 21.3. The van der Waals surface area contributed by atoms with Gasteiger partial charge in [-0.15, -0.1) is 0 Å². The van der Waals surface area contributed by atoms with Crippen LogP contribution in [0.4, 0.5) is 4.39 Å². The number of carbonyl (C=O) groups is 2. The molecule has 162 valence electrons. The predicted octanol–water partition coefficient (Wildman–Crippen LogP) is 0.807. The van der Waals surface area contributed by atoms with E-state index >= 15 is 0 Å². The molecule has 0 spiro atoms. The van der Waals surface area contributed by atoms with Gasteiger partial charge in [-0.25, -0.2) is 9.37 Å². The number of rotatable bonds is 6. The molecule has 1 aliphatic heterocycles. The number of fused-ring (bicyclic) bond motifs is 1. The maximum absolute atomic E-state index is 13.3. The van der Waals surface area contributed by atoms with Crippen LogP contribution in [0.1, 0.15) is 31.5 Å². The van der Waals surface area contributed by atoms with E-state index in [1.807, 2.05) is 4.90 Å². The van der Waals surface area contributed by atoms with Crippen LogP contribution in [-0.2, 0) is 16.0 Å². The third-order valence-corrected chi connectivity index (χ3v) is 6.27. The van der Waals surface area contributed by atoms with Gasteiger partial charge in [0, 0.05) is 39.0 Å². The molecule has 1 saturated carbocycles. The van der Waals surface area contributed by atoms with Crippen LogP contribution in [0.3, 0.4) is 0 Å². The highest BCUT2D eigenvalue weighted by molar-refractivity contribution is 5.79. The summed E-state index contributed by atoms with van der Waals surface area (Å²) in [6.45, 7) is 1.61. The SMILES string of the molecule is CN(C(=O)CCCc1nc2ccc(F)cc2[nH]1)[C@@H]1CC[C@@H](N2CCNC(=O)C2)[C@@H]1O. The molecule has 3 atom stereocenters. The molecule has 0 unspecified atom stereocenters. The number of hydrogen-bond acceptors (Lipinski definition) is 5. The Labute approximate surface area is 174 Å². The third kappa shape index (κ3) is 4.32. The molecule has 9 heteroatoms. The van der Waals surface area contributed by atoms with E-state index in [1.54, 1.807) is 18.0 Å². The van der Waals surface area contributed by atoms with Crippen LogP contribution in [0.15, 0.2) is 18.2 Å². The van der Waals surface area contributed by atoms with Gasteiger partial charge < -0.3 is 20.3 Å². The Kier molecular flexibility index (Phi) is 6.01. The largest absolute Gasteiger partial charge is 0.389 e. The Morgan fingerprint density at radius 2 is 2.23 bits per heavy atom. The van der Waals surface area contributed by atoms with Gasteiger partial charge in [0.25, 0.3) is 0 Å². The van der Waals surface area contributed by atoms with Gasteiger partial charge in [0.1, 0.15) is 11.6 Å². The van der Waals surface area contributed by atoms with Crippen LogP contribution in [-0.4, -0.2) is 81.6 Å². The van der Waals surface area contributed by atoms with Gasteiger partial charge in [-0.3, -0.25) is 14.5 Å². The van der Waals surface area contributed by atoms with Crippen molar-refractivity contribution in [2.24, 2.45) is 0 Å². The summed E-state index contributed by atoms with van der Waals surface area (Å²) in [5.41, 5.74) is 1.36. The molecule has 1 aromatic carbocycles. The van der Waals surface area contributed by atoms with Crippen molar-refractivity contribution in [2.75, 3.05) is 26.7 Å². The van der Waals surface area contributed by atoms with E-state index in [0.717, 1.165) is 25.2 Å². The molecule has 0 bridgehead atoms. The number of halogens is 1. The summed E-state index contributed by atoms with van der Waals surface area (Å²) in [4.78, 5) is 35.5. The molecule has 1 saturated heterocycles. The number of nitrogens with zero attached hydrogens (tertiary/aromatic N) is 3. The van der Waals surface area contributed by atoms with Crippen molar-refractivity contribution in [3.8, 4) is 0 Å². The zero-order valence-corrected chi connectivity index (χ0v) is 17.1. The van der Waals surface area contributed by atoms with E-state index in [9.17, 15) is 19.1 Å². The maximum atomic E-state index is 13.3. The standard InChI is InChI=1S/C21H28FN5O3/c1-26(16-7-8-17(21(16)30)27-10-9-23-19(28)12-27)20(29)4-2-3-18-24-14-6-5-13(22)11-15(14)25-18/h5-6,11,16-17,21,30H,2-4,7-10,12H2,1H3,(H,23,28)(H,24,25)/t16-,17-,21-/m1/s1. The Bertz CT molecular complexity index is 933. The van der Waals surface area contributed by atoms with Crippen molar-refractivity contribution >= 4 is 22.8 Å². The monoisotopic (exact) mass is 417 g/mol. The number of aromatic nitrogens is 2. The minimum atomic E-state index is -0.657. The summed E-state index contributed by atoms with van der Waals surface area (Å²) < 4.78 is 13.3. The number of aliphatic hydroxyl groups excluding tert-OH is 1. The van der Waals surface area contributed by atoms with Gasteiger partial charge in [0.05, 0.1) is 29.7 Å². The Morgan fingerprint density at radius 1 is 1.40 bits per heavy atom. The molecule has 30 heavy (non-hydrogen) atoms. The topological polar surface area (TPSA) is 102 Å². The van der Waals surface area contributed by atoms with Crippen LogP contribution in [0, 0.1) is 5.82 Å². The lowest BCUT2D eigenvalue weighted by Gasteiger charge is -2.36. The van der Waals surface area contributed by atoms with Crippen molar-refractivity contribution < 1.29 is 19.1 Å². The van der Waals surface area contributed by atoms with Gasteiger partial charge in [-0.2, -0.15) is 0 Å². The molecule has 2 fully saturated rings. The number of aromatic amines is 1. The molecule has 2 aromatic rings. The number of hydrogen-bond donors (Lipinski definition) is 3. The molecule has 1 aromatic heterocycles. The summed E-state index contributed by atoms with van der Waals surface area (Å²) in [6.07, 6.45) is 2.39. The van der Waals surface area contributed by atoms with Gasteiger partial charge >= 0.3 is 0 Å². The number of benzene rings is 1. The smallest absolute Gasteiger partial charge is 0.234 e. The van der Waals surface area contributed by atoms with E-state index in [0.29, 0.717) is 43.4 Å². The first-order valence-corrected chi connectivity index (χ1v) is 10.5. The maximum Gasteiger partial charge on any atom is 0.234 e. The quantitative estimate of drug-likeness (QED) is 0.646. The van der Waals surface area contributed by atoms with Crippen molar-refractivity contribution in [1.29, 1.82) is 0 Å². The van der Waals surface area contributed by atoms with Crippen LogP contribution < -0.4 is 5.32 Å². The number of H-pyrrole nitrogens is 1. The number of nitrogens with one attached hydrogen (secondary N) is 2. The summed E-state index contributed by atoms with van der Waals surface area (Å²) in [7, 11) is 1.74. The van der Waals surface area contributed by atoms with E-state index in [1.165, 1.54) is 12.1 Å². The van der Waals surface area contributed by atoms with Gasteiger partial charge in [-0.1, -0.05) is 0 Å².